The summed E-state index contributed by atoms with van der Waals surface area (Å²) in [6, 6.07) is 0. The molecule has 0 aromatic carbocycles. The molecule has 2 atom stereocenters. The minimum atomic E-state index is 0.477. The Morgan fingerprint density at radius 2 is 2.20 bits per heavy atom. The highest BCUT2D eigenvalue weighted by Crippen LogP contribution is 2.27. The van der Waals surface area contributed by atoms with Gasteiger partial charge in [0.1, 0.15) is 5.78 Å². The third kappa shape index (κ3) is 1.83. The second-order valence-electron chi connectivity index (χ2n) is 3.56. The lowest BCUT2D eigenvalue weighted by molar-refractivity contribution is -0.122. The highest BCUT2D eigenvalue weighted by atomic mass is 16.1. The van der Waals surface area contributed by atoms with E-state index in [0.717, 1.165) is 12.8 Å². The standard InChI is InChI=1S/C9H16O/c1-3-8-4-7(2)5-9(10)6-8/h7-8H,3-6H2,1-2H3/t7-,8?/m1/s1. The number of carbonyl (C=O) groups is 1. The highest BCUT2D eigenvalue weighted by molar-refractivity contribution is 5.79. The molecular formula is C9H16O. The van der Waals surface area contributed by atoms with E-state index in [9.17, 15) is 4.79 Å². The summed E-state index contributed by atoms with van der Waals surface area (Å²) in [7, 11) is 0. The van der Waals surface area contributed by atoms with E-state index >= 15 is 0 Å². The van der Waals surface area contributed by atoms with Crippen molar-refractivity contribution in [3.8, 4) is 0 Å². The van der Waals surface area contributed by atoms with Gasteiger partial charge >= 0.3 is 0 Å². The van der Waals surface area contributed by atoms with Crippen LogP contribution in [0, 0.1) is 11.8 Å². The predicted octanol–water partition coefficient (Wildman–Crippen LogP) is 2.40. The van der Waals surface area contributed by atoms with Gasteiger partial charge in [0.15, 0.2) is 0 Å². The molecule has 1 nitrogen and oxygen atoms in total. The van der Waals surface area contributed by atoms with Crippen molar-refractivity contribution in [1.29, 1.82) is 0 Å². The van der Waals surface area contributed by atoms with Crippen molar-refractivity contribution in [3.05, 3.63) is 0 Å². The van der Waals surface area contributed by atoms with Crippen LogP contribution in [0.3, 0.4) is 0 Å². The van der Waals surface area contributed by atoms with Crippen LogP contribution in [0.15, 0.2) is 0 Å². The smallest absolute Gasteiger partial charge is 0.133 e. The van der Waals surface area contributed by atoms with Crippen LogP contribution in [0.1, 0.15) is 39.5 Å². The minimum Gasteiger partial charge on any atom is -0.300 e. The van der Waals surface area contributed by atoms with Gasteiger partial charge in [-0.15, -0.1) is 0 Å². The first-order chi connectivity index (χ1) is 4.72. The second-order valence-corrected chi connectivity index (χ2v) is 3.56. The molecule has 1 aliphatic rings. The Morgan fingerprint density at radius 1 is 1.50 bits per heavy atom. The summed E-state index contributed by atoms with van der Waals surface area (Å²) >= 11 is 0. The quantitative estimate of drug-likeness (QED) is 0.546. The van der Waals surface area contributed by atoms with Crippen molar-refractivity contribution in [2.45, 2.75) is 39.5 Å². The van der Waals surface area contributed by atoms with E-state index < -0.39 is 0 Å². The summed E-state index contributed by atoms with van der Waals surface area (Å²) in [6.07, 6.45) is 4.12. The van der Waals surface area contributed by atoms with Crippen LogP contribution in [-0.4, -0.2) is 5.78 Å². The molecule has 0 N–H and O–H groups in total. The van der Waals surface area contributed by atoms with E-state index in [1.807, 2.05) is 0 Å². The topological polar surface area (TPSA) is 17.1 Å². The van der Waals surface area contributed by atoms with E-state index in [-0.39, 0.29) is 0 Å². The summed E-state index contributed by atoms with van der Waals surface area (Å²) in [6.45, 7) is 4.36. The van der Waals surface area contributed by atoms with E-state index in [1.54, 1.807) is 0 Å². The van der Waals surface area contributed by atoms with Gasteiger partial charge in [0.2, 0.25) is 0 Å². The molecule has 0 amide bonds. The molecule has 0 radical (unpaired) electrons. The molecule has 1 saturated carbocycles. The zero-order chi connectivity index (χ0) is 7.56. The van der Waals surface area contributed by atoms with Gasteiger partial charge in [0, 0.05) is 12.8 Å². The highest BCUT2D eigenvalue weighted by Gasteiger charge is 2.22. The van der Waals surface area contributed by atoms with Gasteiger partial charge in [0.25, 0.3) is 0 Å². The van der Waals surface area contributed by atoms with Crippen LogP contribution in [0.5, 0.6) is 0 Å². The van der Waals surface area contributed by atoms with E-state index in [2.05, 4.69) is 13.8 Å². The molecule has 0 aromatic rings. The monoisotopic (exact) mass is 140 g/mol. The lowest BCUT2D eigenvalue weighted by Gasteiger charge is -2.24. The van der Waals surface area contributed by atoms with Crippen molar-refractivity contribution >= 4 is 5.78 Å². The third-order valence-electron chi connectivity index (χ3n) is 2.41. The van der Waals surface area contributed by atoms with Gasteiger partial charge in [-0.1, -0.05) is 20.3 Å². The molecule has 1 unspecified atom stereocenters. The maximum Gasteiger partial charge on any atom is 0.133 e. The Bertz CT molecular complexity index is 129. The number of Topliss-reactive ketones (excluding diaryl/α,β-unsaturated/α-hetero) is 1. The molecule has 1 rings (SSSR count). The minimum absolute atomic E-state index is 0.477. The summed E-state index contributed by atoms with van der Waals surface area (Å²) < 4.78 is 0. The summed E-state index contributed by atoms with van der Waals surface area (Å²) in [5.74, 6) is 1.81. The normalized spacial score (nSPS) is 34.4. The average molecular weight is 140 g/mol. The van der Waals surface area contributed by atoms with Crippen molar-refractivity contribution in [1.82, 2.24) is 0 Å². The van der Waals surface area contributed by atoms with Crippen LogP contribution >= 0.6 is 0 Å². The molecule has 0 aromatic heterocycles. The SMILES string of the molecule is CCC1CC(=O)C[C@H](C)C1. The first kappa shape index (κ1) is 7.77. The van der Waals surface area contributed by atoms with Gasteiger partial charge in [0.05, 0.1) is 0 Å². The maximum atomic E-state index is 11.0. The van der Waals surface area contributed by atoms with Crippen molar-refractivity contribution in [2.24, 2.45) is 11.8 Å². The molecule has 58 valence electrons. The molecule has 1 fully saturated rings. The van der Waals surface area contributed by atoms with Gasteiger partial charge in [-0.3, -0.25) is 4.79 Å². The first-order valence-electron chi connectivity index (χ1n) is 4.24. The van der Waals surface area contributed by atoms with Gasteiger partial charge in [-0.05, 0) is 18.3 Å². The molecule has 1 aliphatic carbocycles. The molecule has 0 aliphatic heterocycles. The zero-order valence-corrected chi connectivity index (χ0v) is 6.89. The molecule has 10 heavy (non-hydrogen) atoms. The number of ketones is 1. The fourth-order valence-electron chi connectivity index (χ4n) is 1.84. The molecule has 0 spiro atoms. The summed E-state index contributed by atoms with van der Waals surface area (Å²) in [4.78, 5) is 11.0. The number of hydrogen-bond donors (Lipinski definition) is 0. The van der Waals surface area contributed by atoms with Gasteiger partial charge in [-0.2, -0.15) is 0 Å². The molecule has 0 bridgehead atoms. The predicted molar refractivity (Wildman–Crippen MR) is 41.8 cm³/mol. The maximum absolute atomic E-state index is 11.0. The Balaban J connectivity index is 2.42. The van der Waals surface area contributed by atoms with E-state index in [4.69, 9.17) is 0 Å². The fraction of sp³-hybridized carbons (Fsp3) is 0.889. The van der Waals surface area contributed by atoms with Crippen molar-refractivity contribution in [3.63, 3.8) is 0 Å². The molecule has 0 heterocycles. The Morgan fingerprint density at radius 3 is 2.70 bits per heavy atom. The third-order valence-corrected chi connectivity index (χ3v) is 2.41. The number of carbonyl (C=O) groups excluding carboxylic acids is 1. The number of rotatable bonds is 1. The van der Waals surface area contributed by atoms with Crippen LogP contribution in [0.4, 0.5) is 0 Å². The van der Waals surface area contributed by atoms with E-state index in [1.165, 1.54) is 12.8 Å². The first-order valence-corrected chi connectivity index (χ1v) is 4.24. The second kappa shape index (κ2) is 3.18. The molecular weight excluding hydrogens is 124 g/mol. The van der Waals surface area contributed by atoms with Crippen molar-refractivity contribution in [2.75, 3.05) is 0 Å². The Kier molecular flexibility index (Phi) is 2.47. The summed E-state index contributed by atoms with van der Waals surface area (Å²) in [5, 5.41) is 0. The molecule has 0 saturated heterocycles. The van der Waals surface area contributed by atoms with Gasteiger partial charge < -0.3 is 0 Å². The lowest BCUT2D eigenvalue weighted by atomic mass is 9.80. The lowest BCUT2D eigenvalue weighted by Crippen LogP contribution is -2.20. The van der Waals surface area contributed by atoms with Crippen LogP contribution in [0.2, 0.25) is 0 Å². The number of hydrogen-bond acceptors (Lipinski definition) is 1. The average Bonchev–Trinajstić information content (AvgIpc) is 1.85. The summed E-state index contributed by atoms with van der Waals surface area (Å²) in [5.41, 5.74) is 0. The van der Waals surface area contributed by atoms with Crippen LogP contribution in [0.25, 0.3) is 0 Å². The Hall–Kier alpha value is -0.330. The van der Waals surface area contributed by atoms with Crippen LogP contribution < -0.4 is 0 Å². The van der Waals surface area contributed by atoms with Crippen molar-refractivity contribution < 1.29 is 4.79 Å². The largest absolute Gasteiger partial charge is 0.300 e. The molecule has 1 heteroatoms. The van der Waals surface area contributed by atoms with E-state index in [0.29, 0.717) is 17.6 Å². The fourth-order valence-corrected chi connectivity index (χ4v) is 1.84. The zero-order valence-electron chi connectivity index (χ0n) is 6.89. The van der Waals surface area contributed by atoms with Gasteiger partial charge in [-0.25, -0.2) is 0 Å². The Labute approximate surface area is 62.8 Å². The van der Waals surface area contributed by atoms with Crippen LogP contribution in [-0.2, 0) is 4.79 Å².